The van der Waals surface area contributed by atoms with Crippen molar-refractivity contribution in [2.24, 2.45) is 0 Å². The molecule has 4 nitrogen and oxygen atoms in total. The molecule has 0 saturated heterocycles. The number of rotatable bonds is 6. The van der Waals surface area contributed by atoms with Gasteiger partial charge in [-0.05, 0) is 80.8 Å². The van der Waals surface area contributed by atoms with Gasteiger partial charge in [0.2, 0.25) is 0 Å². The number of benzene rings is 2. The van der Waals surface area contributed by atoms with Crippen molar-refractivity contribution in [3.8, 4) is 0 Å². The van der Waals surface area contributed by atoms with Crippen molar-refractivity contribution >= 4 is 5.91 Å². The van der Waals surface area contributed by atoms with E-state index < -0.39 is 17.2 Å². The number of halogens is 4. The summed E-state index contributed by atoms with van der Waals surface area (Å²) in [5, 5.41) is 20.1. The average Bonchev–Trinajstić information content (AvgIpc) is 3.65. The fraction of sp³-hybridized carbons (Fsp3) is 0.500. The Bertz CT molecular complexity index is 1010. The molecule has 0 aromatic heterocycles. The third-order valence-electron chi connectivity index (χ3n) is 7.49. The standard InChI is InChI=1S/C26H29F4NO3/c1-24(34,26(28,29)30)18-4-2-17(3-5-18)23(33)31(21-10-11-21)22-12-14-25(16-32,15-13-22)19-6-8-20(27)9-7-19/h2-9,21-22,32,34H,10-16H2,1H3/t22?,24-,25?/m0/s1. The lowest BCUT2D eigenvalue weighted by Gasteiger charge is -2.43. The van der Waals surface area contributed by atoms with Crippen molar-refractivity contribution in [2.75, 3.05) is 6.61 Å². The Balaban J connectivity index is 1.50. The highest BCUT2D eigenvalue weighted by Crippen LogP contribution is 2.43. The molecule has 184 valence electrons. The van der Waals surface area contributed by atoms with Gasteiger partial charge >= 0.3 is 6.18 Å². The molecule has 4 rings (SSSR count). The van der Waals surface area contributed by atoms with E-state index in [4.69, 9.17) is 0 Å². The Morgan fingerprint density at radius 1 is 0.971 bits per heavy atom. The Kier molecular flexibility index (Phi) is 6.50. The number of amides is 1. The van der Waals surface area contributed by atoms with E-state index in [9.17, 15) is 32.6 Å². The third-order valence-corrected chi connectivity index (χ3v) is 7.49. The maximum absolute atomic E-state index is 13.4. The van der Waals surface area contributed by atoms with E-state index >= 15 is 0 Å². The van der Waals surface area contributed by atoms with Crippen LogP contribution in [0.15, 0.2) is 48.5 Å². The Morgan fingerprint density at radius 2 is 1.50 bits per heavy atom. The zero-order valence-electron chi connectivity index (χ0n) is 19.0. The van der Waals surface area contributed by atoms with Gasteiger partial charge in [0.25, 0.3) is 5.91 Å². The van der Waals surface area contributed by atoms with Crippen LogP contribution in [-0.4, -0.2) is 45.9 Å². The summed E-state index contributed by atoms with van der Waals surface area (Å²) < 4.78 is 52.8. The van der Waals surface area contributed by atoms with Gasteiger partial charge < -0.3 is 15.1 Å². The van der Waals surface area contributed by atoms with E-state index in [0.717, 1.165) is 30.5 Å². The van der Waals surface area contributed by atoms with Crippen molar-refractivity contribution < 1.29 is 32.6 Å². The minimum absolute atomic E-state index is 0.0434. The third kappa shape index (κ3) is 4.58. The van der Waals surface area contributed by atoms with Gasteiger partial charge in [0.15, 0.2) is 5.60 Å². The minimum atomic E-state index is -4.83. The number of aliphatic hydroxyl groups excluding tert-OH is 1. The molecule has 2 N–H and O–H groups in total. The number of hydrogen-bond acceptors (Lipinski definition) is 3. The highest BCUT2D eigenvalue weighted by Gasteiger charge is 2.51. The molecule has 34 heavy (non-hydrogen) atoms. The zero-order valence-corrected chi connectivity index (χ0v) is 19.0. The predicted molar refractivity (Wildman–Crippen MR) is 119 cm³/mol. The molecule has 0 spiro atoms. The summed E-state index contributed by atoms with van der Waals surface area (Å²) in [5.41, 5.74) is -2.63. The van der Waals surface area contributed by atoms with Crippen molar-refractivity contribution in [2.45, 2.75) is 74.7 Å². The van der Waals surface area contributed by atoms with Crippen LogP contribution in [0.3, 0.4) is 0 Å². The van der Waals surface area contributed by atoms with Gasteiger partial charge in [0.1, 0.15) is 5.82 Å². The first-order chi connectivity index (χ1) is 16.0. The fourth-order valence-corrected chi connectivity index (χ4v) is 5.01. The lowest BCUT2D eigenvalue weighted by molar-refractivity contribution is -0.258. The molecule has 0 bridgehead atoms. The number of hydrogen-bond donors (Lipinski definition) is 2. The molecular weight excluding hydrogens is 450 g/mol. The summed E-state index contributed by atoms with van der Waals surface area (Å²) in [6, 6.07) is 11.2. The molecule has 1 atom stereocenters. The Hall–Kier alpha value is -2.45. The molecule has 2 aliphatic carbocycles. The first-order valence-electron chi connectivity index (χ1n) is 11.6. The van der Waals surface area contributed by atoms with Gasteiger partial charge in [-0.1, -0.05) is 24.3 Å². The number of carbonyl (C=O) groups excluding carboxylic acids is 1. The van der Waals surface area contributed by atoms with Crippen LogP contribution < -0.4 is 0 Å². The molecule has 0 radical (unpaired) electrons. The first kappa shape index (κ1) is 24.7. The second-order valence-electron chi connectivity index (χ2n) is 9.77. The molecular formula is C26H29F4NO3. The highest BCUT2D eigenvalue weighted by molar-refractivity contribution is 5.95. The largest absolute Gasteiger partial charge is 0.421 e. The first-order valence-corrected chi connectivity index (χ1v) is 11.6. The van der Waals surface area contributed by atoms with Crippen LogP contribution >= 0.6 is 0 Å². The number of carbonyl (C=O) groups is 1. The molecule has 2 aromatic carbocycles. The Morgan fingerprint density at radius 3 is 1.97 bits per heavy atom. The van der Waals surface area contributed by atoms with Crippen LogP contribution in [0.25, 0.3) is 0 Å². The van der Waals surface area contributed by atoms with Gasteiger partial charge in [0, 0.05) is 23.1 Å². The molecule has 2 saturated carbocycles. The fourth-order valence-electron chi connectivity index (χ4n) is 5.01. The van der Waals surface area contributed by atoms with Crippen molar-refractivity contribution in [1.29, 1.82) is 0 Å². The van der Waals surface area contributed by atoms with Crippen LogP contribution in [0.1, 0.15) is 66.9 Å². The summed E-state index contributed by atoms with van der Waals surface area (Å²) in [4.78, 5) is 15.2. The maximum Gasteiger partial charge on any atom is 0.421 e. The number of nitrogens with zero attached hydrogens (tertiary/aromatic N) is 1. The molecule has 2 fully saturated rings. The van der Waals surface area contributed by atoms with E-state index in [1.807, 2.05) is 4.90 Å². The van der Waals surface area contributed by atoms with Crippen molar-refractivity contribution in [3.05, 3.63) is 71.0 Å². The SMILES string of the molecule is C[C@](O)(c1ccc(C(=O)N(C2CC2)C2CCC(CO)(c3ccc(F)cc3)CC2)cc1)C(F)(F)F. The smallest absolute Gasteiger partial charge is 0.395 e. The summed E-state index contributed by atoms with van der Waals surface area (Å²) >= 11 is 0. The van der Waals surface area contributed by atoms with Crippen molar-refractivity contribution in [3.63, 3.8) is 0 Å². The van der Waals surface area contributed by atoms with Crippen LogP contribution in [0.5, 0.6) is 0 Å². The molecule has 2 aromatic rings. The van der Waals surface area contributed by atoms with Gasteiger partial charge in [-0.2, -0.15) is 13.2 Å². The summed E-state index contributed by atoms with van der Waals surface area (Å²) in [7, 11) is 0. The molecule has 8 heteroatoms. The topological polar surface area (TPSA) is 60.8 Å². The quantitative estimate of drug-likeness (QED) is 0.569. The van der Waals surface area contributed by atoms with Gasteiger partial charge in [-0.3, -0.25) is 4.79 Å². The lowest BCUT2D eigenvalue weighted by atomic mass is 9.68. The minimum Gasteiger partial charge on any atom is -0.395 e. The van der Waals surface area contributed by atoms with E-state index in [-0.39, 0.29) is 41.5 Å². The van der Waals surface area contributed by atoms with Crippen LogP contribution in [0.4, 0.5) is 17.6 Å². The second-order valence-corrected chi connectivity index (χ2v) is 9.77. The molecule has 1 amide bonds. The molecule has 0 unspecified atom stereocenters. The monoisotopic (exact) mass is 479 g/mol. The molecule has 2 aliphatic rings. The second kappa shape index (κ2) is 8.96. The predicted octanol–water partition coefficient (Wildman–Crippen LogP) is 5.07. The summed E-state index contributed by atoms with van der Waals surface area (Å²) in [5.74, 6) is -0.567. The average molecular weight is 480 g/mol. The van der Waals surface area contributed by atoms with Crippen molar-refractivity contribution in [1.82, 2.24) is 4.90 Å². The number of aliphatic hydroxyl groups is 2. The van der Waals surface area contributed by atoms with E-state index in [2.05, 4.69) is 0 Å². The molecule has 0 heterocycles. The van der Waals surface area contributed by atoms with Crippen LogP contribution in [0, 0.1) is 5.82 Å². The molecule has 0 aliphatic heterocycles. The highest BCUT2D eigenvalue weighted by atomic mass is 19.4. The maximum atomic E-state index is 13.4. The van der Waals surface area contributed by atoms with E-state index in [0.29, 0.717) is 32.6 Å². The van der Waals surface area contributed by atoms with Crippen LogP contribution in [-0.2, 0) is 11.0 Å². The van der Waals surface area contributed by atoms with Gasteiger partial charge in [-0.15, -0.1) is 0 Å². The number of alkyl halides is 3. The van der Waals surface area contributed by atoms with Crippen LogP contribution in [0.2, 0.25) is 0 Å². The van der Waals surface area contributed by atoms with Gasteiger partial charge in [0.05, 0.1) is 6.61 Å². The summed E-state index contributed by atoms with van der Waals surface area (Å²) in [6.07, 6.45) is -0.446. The van der Waals surface area contributed by atoms with E-state index in [1.165, 1.54) is 24.3 Å². The van der Waals surface area contributed by atoms with E-state index in [1.54, 1.807) is 12.1 Å². The Labute approximate surface area is 196 Å². The zero-order chi connectivity index (χ0) is 24.7. The normalized spacial score (nSPS) is 25.0. The van der Waals surface area contributed by atoms with Gasteiger partial charge in [-0.25, -0.2) is 4.39 Å². The lowest BCUT2D eigenvalue weighted by Crippen LogP contribution is -2.47. The summed E-state index contributed by atoms with van der Waals surface area (Å²) in [6.45, 7) is 0.625.